The number of hydrogen-bond acceptors (Lipinski definition) is 5. The van der Waals surface area contributed by atoms with E-state index in [0.717, 1.165) is 17.8 Å². The summed E-state index contributed by atoms with van der Waals surface area (Å²) in [6, 6.07) is 3.57. The van der Waals surface area contributed by atoms with Crippen LogP contribution in [0.5, 0.6) is 17.2 Å². The van der Waals surface area contributed by atoms with Gasteiger partial charge in [-0.15, -0.1) is 0 Å². The van der Waals surface area contributed by atoms with Gasteiger partial charge in [0.15, 0.2) is 17.3 Å². The van der Waals surface area contributed by atoms with E-state index in [-0.39, 0.29) is 0 Å². The molecule has 2 aromatic rings. The smallest absolute Gasteiger partial charge is 0.185 e. The van der Waals surface area contributed by atoms with Crippen molar-refractivity contribution in [1.29, 1.82) is 0 Å². The molecule has 0 fully saturated rings. The van der Waals surface area contributed by atoms with E-state index in [1.54, 1.807) is 33.5 Å². The number of ether oxygens (including phenoxy) is 3. The van der Waals surface area contributed by atoms with Crippen molar-refractivity contribution >= 4 is 0 Å². The molecule has 1 heterocycles. The summed E-state index contributed by atoms with van der Waals surface area (Å²) in [4.78, 5) is 4.40. The molecule has 1 aromatic heterocycles. The predicted octanol–water partition coefficient (Wildman–Crippen LogP) is 2.06. The van der Waals surface area contributed by atoms with Crippen molar-refractivity contribution in [2.24, 2.45) is 0 Å². The normalized spacial score (nSPS) is 10.3. The van der Waals surface area contributed by atoms with Gasteiger partial charge in [-0.1, -0.05) is 6.92 Å². The first-order chi connectivity index (χ1) is 9.23. The van der Waals surface area contributed by atoms with Crippen molar-refractivity contribution in [1.82, 2.24) is 15.2 Å². The molecule has 0 unspecified atom stereocenters. The third-order valence-corrected chi connectivity index (χ3v) is 2.81. The van der Waals surface area contributed by atoms with Crippen LogP contribution in [0.3, 0.4) is 0 Å². The zero-order valence-corrected chi connectivity index (χ0v) is 11.5. The molecule has 0 saturated carbocycles. The van der Waals surface area contributed by atoms with E-state index in [4.69, 9.17) is 14.2 Å². The van der Waals surface area contributed by atoms with Gasteiger partial charge in [-0.2, -0.15) is 5.10 Å². The lowest BCUT2D eigenvalue weighted by atomic mass is 10.1. The molecule has 2 rings (SSSR count). The lowest BCUT2D eigenvalue weighted by molar-refractivity contribution is 0.349. The zero-order chi connectivity index (χ0) is 13.8. The van der Waals surface area contributed by atoms with Crippen molar-refractivity contribution in [2.45, 2.75) is 13.3 Å². The second-order valence-corrected chi connectivity index (χ2v) is 3.87. The first-order valence-electron chi connectivity index (χ1n) is 5.95. The average Bonchev–Trinajstić information content (AvgIpc) is 2.94. The van der Waals surface area contributed by atoms with E-state index in [1.165, 1.54) is 0 Å². The van der Waals surface area contributed by atoms with E-state index in [2.05, 4.69) is 15.2 Å². The fourth-order valence-corrected chi connectivity index (χ4v) is 1.78. The van der Waals surface area contributed by atoms with E-state index in [9.17, 15) is 0 Å². The monoisotopic (exact) mass is 263 g/mol. The van der Waals surface area contributed by atoms with Crippen molar-refractivity contribution in [3.8, 4) is 28.6 Å². The Morgan fingerprint density at radius 3 is 2.16 bits per heavy atom. The van der Waals surface area contributed by atoms with E-state index < -0.39 is 0 Å². The van der Waals surface area contributed by atoms with Gasteiger partial charge in [0.1, 0.15) is 11.6 Å². The molecule has 19 heavy (non-hydrogen) atoms. The maximum atomic E-state index is 5.36. The molecule has 0 aliphatic rings. The molecule has 1 N–H and O–H groups in total. The van der Waals surface area contributed by atoms with Crippen LogP contribution in [0, 0.1) is 0 Å². The Hall–Kier alpha value is -2.24. The quantitative estimate of drug-likeness (QED) is 0.894. The van der Waals surface area contributed by atoms with Crippen LogP contribution in [0.15, 0.2) is 12.1 Å². The maximum absolute atomic E-state index is 5.36. The van der Waals surface area contributed by atoms with Gasteiger partial charge in [-0.3, -0.25) is 5.10 Å². The van der Waals surface area contributed by atoms with Crippen LogP contribution >= 0.6 is 0 Å². The van der Waals surface area contributed by atoms with Crippen LogP contribution in [-0.4, -0.2) is 36.5 Å². The SMILES string of the molecule is CCc1nc(-c2cc(OC)c(OC)cc2OC)n[nH]1. The topological polar surface area (TPSA) is 69.3 Å². The van der Waals surface area contributed by atoms with Gasteiger partial charge in [0, 0.05) is 12.5 Å². The molecule has 0 bridgehead atoms. The molecule has 0 spiro atoms. The first-order valence-corrected chi connectivity index (χ1v) is 5.95. The highest BCUT2D eigenvalue weighted by Crippen LogP contribution is 2.38. The lowest BCUT2D eigenvalue weighted by Gasteiger charge is -2.12. The Morgan fingerprint density at radius 2 is 1.63 bits per heavy atom. The molecule has 0 aliphatic heterocycles. The summed E-state index contributed by atoms with van der Waals surface area (Å²) in [6.07, 6.45) is 0.794. The number of benzene rings is 1. The Balaban J connectivity index is 2.54. The summed E-state index contributed by atoms with van der Waals surface area (Å²) in [7, 11) is 4.76. The second-order valence-electron chi connectivity index (χ2n) is 3.87. The number of rotatable bonds is 5. The molecular weight excluding hydrogens is 246 g/mol. The minimum absolute atomic E-state index is 0.578. The average molecular weight is 263 g/mol. The predicted molar refractivity (Wildman–Crippen MR) is 70.9 cm³/mol. The third-order valence-electron chi connectivity index (χ3n) is 2.81. The number of aromatic nitrogens is 3. The van der Waals surface area contributed by atoms with E-state index >= 15 is 0 Å². The van der Waals surface area contributed by atoms with Crippen molar-refractivity contribution in [3.05, 3.63) is 18.0 Å². The highest BCUT2D eigenvalue weighted by atomic mass is 16.5. The van der Waals surface area contributed by atoms with Crippen molar-refractivity contribution in [3.63, 3.8) is 0 Å². The number of hydrogen-bond donors (Lipinski definition) is 1. The van der Waals surface area contributed by atoms with Crippen LogP contribution in [0.4, 0.5) is 0 Å². The molecule has 6 nitrogen and oxygen atoms in total. The van der Waals surface area contributed by atoms with E-state index in [0.29, 0.717) is 23.1 Å². The lowest BCUT2D eigenvalue weighted by Crippen LogP contribution is -1.95. The Morgan fingerprint density at radius 1 is 1.00 bits per heavy atom. The molecule has 0 atom stereocenters. The summed E-state index contributed by atoms with van der Waals surface area (Å²) < 4.78 is 15.9. The van der Waals surface area contributed by atoms with Gasteiger partial charge in [0.2, 0.25) is 0 Å². The minimum Gasteiger partial charge on any atom is -0.496 e. The van der Waals surface area contributed by atoms with Gasteiger partial charge >= 0.3 is 0 Å². The summed E-state index contributed by atoms with van der Waals surface area (Å²) in [5.74, 6) is 3.26. The minimum atomic E-state index is 0.578. The highest BCUT2D eigenvalue weighted by molar-refractivity contribution is 5.69. The highest BCUT2D eigenvalue weighted by Gasteiger charge is 2.16. The first kappa shape index (κ1) is 13.2. The van der Waals surface area contributed by atoms with Crippen LogP contribution in [0.2, 0.25) is 0 Å². The Bertz CT molecular complexity index is 566. The van der Waals surface area contributed by atoms with Crippen molar-refractivity contribution < 1.29 is 14.2 Å². The Labute approximate surface area is 111 Å². The summed E-state index contributed by atoms with van der Waals surface area (Å²) in [5, 5.41) is 7.07. The molecule has 0 radical (unpaired) electrons. The summed E-state index contributed by atoms with van der Waals surface area (Å²) in [5.41, 5.74) is 0.760. The molecular formula is C13H17N3O3. The van der Waals surface area contributed by atoms with Gasteiger partial charge in [-0.25, -0.2) is 4.98 Å². The maximum Gasteiger partial charge on any atom is 0.185 e. The number of methoxy groups -OCH3 is 3. The summed E-state index contributed by atoms with van der Waals surface area (Å²) in [6.45, 7) is 2.01. The molecule has 102 valence electrons. The molecule has 1 aromatic carbocycles. The van der Waals surface area contributed by atoms with Gasteiger partial charge in [0.05, 0.1) is 26.9 Å². The number of aryl methyl sites for hydroxylation is 1. The van der Waals surface area contributed by atoms with Crippen LogP contribution in [0.25, 0.3) is 11.4 Å². The molecule has 6 heteroatoms. The van der Waals surface area contributed by atoms with Crippen molar-refractivity contribution in [2.75, 3.05) is 21.3 Å². The largest absolute Gasteiger partial charge is 0.496 e. The number of aromatic amines is 1. The number of nitrogens with zero attached hydrogens (tertiary/aromatic N) is 2. The fraction of sp³-hybridized carbons (Fsp3) is 0.385. The van der Waals surface area contributed by atoms with Gasteiger partial charge in [0.25, 0.3) is 0 Å². The van der Waals surface area contributed by atoms with Crippen LogP contribution < -0.4 is 14.2 Å². The molecule has 0 amide bonds. The van der Waals surface area contributed by atoms with Crippen LogP contribution in [0.1, 0.15) is 12.7 Å². The number of nitrogens with one attached hydrogen (secondary N) is 1. The molecule has 0 aliphatic carbocycles. The standard InChI is InChI=1S/C13H17N3O3/c1-5-12-14-13(16-15-12)8-6-10(18-3)11(19-4)7-9(8)17-2/h6-7H,5H2,1-4H3,(H,14,15,16). The second kappa shape index (κ2) is 5.60. The summed E-state index contributed by atoms with van der Waals surface area (Å²) >= 11 is 0. The number of H-pyrrole nitrogens is 1. The Kier molecular flexibility index (Phi) is 3.89. The zero-order valence-electron chi connectivity index (χ0n) is 11.5. The third kappa shape index (κ3) is 2.47. The van der Waals surface area contributed by atoms with Crippen LogP contribution in [-0.2, 0) is 6.42 Å². The fourth-order valence-electron chi connectivity index (χ4n) is 1.78. The van der Waals surface area contributed by atoms with E-state index in [1.807, 2.05) is 6.92 Å². The molecule has 0 saturated heterocycles. The van der Waals surface area contributed by atoms with Gasteiger partial charge < -0.3 is 14.2 Å². The van der Waals surface area contributed by atoms with Gasteiger partial charge in [-0.05, 0) is 6.07 Å².